The number of benzene rings is 2. The van der Waals surface area contributed by atoms with Crippen LogP contribution in [0.15, 0.2) is 42.5 Å². The zero-order valence-corrected chi connectivity index (χ0v) is 15.2. The molecule has 6 heteroatoms. The van der Waals surface area contributed by atoms with E-state index in [1.54, 1.807) is 24.1 Å². The second kappa shape index (κ2) is 8.19. The molecule has 0 bridgehead atoms. The molecule has 0 unspecified atom stereocenters. The predicted molar refractivity (Wildman–Crippen MR) is 100.0 cm³/mol. The Hall–Kier alpha value is -2.60. The van der Waals surface area contributed by atoms with Gasteiger partial charge in [-0.25, -0.2) is 9.18 Å². The van der Waals surface area contributed by atoms with E-state index in [-0.39, 0.29) is 11.8 Å². The Morgan fingerprint density at radius 3 is 2.46 bits per heavy atom. The van der Waals surface area contributed by atoms with E-state index >= 15 is 0 Å². The molecular formula is C20H24FN3O2. The Labute approximate surface area is 153 Å². The lowest BCUT2D eigenvalue weighted by Gasteiger charge is -2.35. The largest absolute Gasteiger partial charge is 0.496 e. The number of nitrogens with one attached hydrogen (secondary N) is 1. The summed E-state index contributed by atoms with van der Waals surface area (Å²) in [5, 5.41) is 2.81. The minimum atomic E-state index is -0.316. The van der Waals surface area contributed by atoms with Crippen molar-refractivity contribution in [1.82, 2.24) is 9.80 Å². The van der Waals surface area contributed by atoms with Gasteiger partial charge in [0.25, 0.3) is 0 Å². The molecule has 0 saturated carbocycles. The number of aryl methyl sites for hydroxylation is 1. The molecule has 1 fully saturated rings. The SMILES string of the molecule is COc1ccc(C)cc1CN1CCN(C(=O)Nc2ccc(F)cc2)CC1. The highest BCUT2D eigenvalue weighted by Crippen LogP contribution is 2.22. The molecule has 0 aliphatic carbocycles. The molecule has 1 aliphatic heterocycles. The Morgan fingerprint density at radius 1 is 1.12 bits per heavy atom. The summed E-state index contributed by atoms with van der Waals surface area (Å²) in [6, 6.07) is 11.8. The number of hydrogen-bond acceptors (Lipinski definition) is 3. The molecule has 0 atom stereocenters. The van der Waals surface area contributed by atoms with Gasteiger partial charge in [0.05, 0.1) is 7.11 Å². The van der Waals surface area contributed by atoms with Gasteiger partial charge in [0.1, 0.15) is 11.6 Å². The Balaban J connectivity index is 1.53. The molecule has 1 saturated heterocycles. The van der Waals surface area contributed by atoms with Crippen molar-refractivity contribution in [3.63, 3.8) is 0 Å². The monoisotopic (exact) mass is 357 g/mol. The van der Waals surface area contributed by atoms with Crippen LogP contribution in [0.25, 0.3) is 0 Å². The number of ether oxygens (including phenoxy) is 1. The molecule has 2 aromatic carbocycles. The quantitative estimate of drug-likeness (QED) is 0.911. The third-order valence-corrected chi connectivity index (χ3v) is 4.58. The van der Waals surface area contributed by atoms with Crippen molar-refractivity contribution in [1.29, 1.82) is 0 Å². The predicted octanol–water partition coefficient (Wildman–Crippen LogP) is 3.49. The average molecular weight is 357 g/mol. The maximum Gasteiger partial charge on any atom is 0.321 e. The first-order valence-electron chi connectivity index (χ1n) is 8.72. The van der Waals surface area contributed by atoms with Gasteiger partial charge in [0, 0.05) is 44.0 Å². The maximum atomic E-state index is 12.9. The van der Waals surface area contributed by atoms with E-state index in [0.29, 0.717) is 18.8 Å². The third-order valence-electron chi connectivity index (χ3n) is 4.58. The first-order valence-corrected chi connectivity index (χ1v) is 8.72. The molecule has 1 N–H and O–H groups in total. The van der Waals surface area contributed by atoms with Crippen LogP contribution in [0.2, 0.25) is 0 Å². The molecule has 0 aromatic heterocycles. The number of urea groups is 1. The van der Waals surface area contributed by atoms with Gasteiger partial charge in [-0.1, -0.05) is 17.7 Å². The molecule has 2 amide bonds. The molecule has 3 rings (SSSR count). The van der Waals surface area contributed by atoms with Crippen LogP contribution in [0.5, 0.6) is 5.75 Å². The van der Waals surface area contributed by atoms with Crippen LogP contribution < -0.4 is 10.1 Å². The third kappa shape index (κ3) is 4.52. The molecule has 0 radical (unpaired) electrons. The van der Waals surface area contributed by atoms with E-state index in [9.17, 15) is 9.18 Å². The van der Waals surface area contributed by atoms with Gasteiger partial charge in [0.2, 0.25) is 0 Å². The summed E-state index contributed by atoms with van der Waals surface area (Å²) in [6.07, 6.45) is 0. The summed E-state index contributed by atoms with van der Waals surface area (Å²) >= 11 is 0. The van der Waals surface area contributed by atoms with Gasteiger partial charge in [-0.15, -0.1) is 0 Å². The van der Waals surface area contributed by atoms with Crippen molar-refractivity contribution in [3.05, 3.63) is 59.4 Å². The second-order valence-electron chi connectivity index (χ2n) is 6.52. The number of hydrogen-bond donors (Lipinski definition) is 1. The van der Waals surface area contributed by atoms with Crippen LogP contribution in [0, 0.1) is 12.7 Å². The Bertz CT molecular complexity index is 756. The lowest BCUT2D eigenvalue weighted by Crippen LogP contribution is -2.49. The zero-order valence-electron chi connectivity index (χ0n) is 15.2. The zero-order chi connectivity index (χ0) is 18.5. The van der Waals surface area contributed by atoms with E-state index in [1.165, 1.54) is 17.7 Å². The maximum absolute atomic E-state index is 12.9. The number of carbonyl (C=O) groups excluding carboxylic acids is 1. The van der Waals surface area contributed by atoms with Crippen LogP contribution in [-0.4, -0.2) is 49.1 Å². The lowest BCUT2D eigenvalue weighted by atomic mass is 10.1. The highest BCUT2D eigenvalue weighted by atomic mass is 19.1. The number of halogens is 1. The van der Waals surface area contributed by atoms with Crippen molar-refractivity contribution in [2.24, 2.45) is 0 Å². The topological polar surface area (TPSA) is 44.8 Å². The number of nitrogens with zero attached hydrogens (tertiary/aromatic N) is 2. The van der Waals surface area contributed by atoms with Gasteiger partial charge < -0.3 is 15.0 Å². The molecule has 5 nitrogen and oxygen atoms in total. The highest BCUT2D eigenvalue weighted by molar-refractivity contribution is 5.89. The fourth-order valence-corrected chi connectivity index (χ4v) is 3.12. The van der Waals surface area contributed by atoms with E-state index in [0.717, 1.165) is 30.9 Å². The minimum Gasteiger partial charge on any atom is -0.496 e. The Morgan fingerprint density at radius 2 is 1.81 bits per heavy atom. The molecule has 26 heavy (non-hydrogen) atoms. The fraction of sp³-hybridized carbons (Fsp3) is 0.350. The van der Waals surface area contributed by atoms with Crippen molar-refractivity contribution in [2.45, 2.75) is 13.5 Å². The van der Waals surface area contributed by atoms with E-state index in [1.807, 2.05) is 12.1 Å². The normalized spacial score (nSPS) is 15.0. The first kappa shape index (κ1) is 18.2. The van der Waals surface area contributed by atoms with Crippen LogP contribution in [0.1, 0.15) is 11.1 Å². The fourth-order valence-electron chi connectivity index (χ4n) is 3.12. The van der Waals surface area contributed by atoms with Gasteiger partial charge in [-0.3, -0.25) is 4.90 Å². The number of piperazine rings is 1. The van der Waals surface area contributed by atoms with Gasteiger partial charge >= 0.3 is 6.03 Å². The van der Waals surface area contributed by atoms with Crippen LogP contribution in [0.4, 0.5) is 14.9 Å². The van der Waals surface area contributed by atoms with E-state index < -0.39 is 0 Å². The first-order chi connectivity index (χ1) is 12.5. The molecular weight excluding hydrogens is 333 g/mol. The van der Waals surface area contributed by atoms with E-state index in [2.05, 4.69) is 23.2 Å². The molecule has 138 valence electrons. The van der Waals surface area contributed by atoms with Gasteiger partial charge in [-0.2, -0.15) is 0 Å². The summed E-state index contributed by atoms with van der Waals surface area (Å²) < 4.78 is 18.4. The number of anilines is 1. The van der Waals surface area contributed by atoms with E-state index in [4.69, 9.17) is 4.74 Å². The lowest BCUT2D eigenvalue weighted by molar-refractivity contribution is 0.142. The second-order valence-corrected chi connectivity index (χ2v) is 6.52. The summed E-state index contributed by atoms with van der Waals surface area (Å²) in [6.45, 7) is 5.78. The number of rotatable bonds is 4. The van der Waals surface area contributed by atoms with Crippen molar-refractivity contribution < 1.29 is 13.9 Å². The molecule has 2 aromatic rings. The molecule has 0 spiro atoms. The van der Waals surface area contributed by atoms with Crippen LogP contribution >= 0.6 is 0 Å². The van der Waals surface area contributed by atoms with Gasteiger partial charge in [-0.05, 0) is 37.3 Å². The Kier molecular flexibility index (Phi) is 5.73. The minimum absolute atomic E-state index is 0.149. The van der Waals surface area contributed by atoms with Crippen molar-refractivity contribution >= 4 is 11.7 Å². The van der Waals surface area contributed by atoms with Crippen molar-refractivity contribution in [3.8, 4) is 5.75 Å². The summed E-state index contributed by atoms with van der Waals surface area (Å²) in [5.74, 6) is 0.579. The highest BCUT2D eigenvalue weighted by Gasteiger charge is 2.22. The van der Waals surface area contributed by atoms with Gasteiger partial charge in [0.15, 0.2) is 0 Å². The van der Waals surface area contributed by atoms with Crippen molar-refractivity contribution in [2.75, 3.05) is 38.6 Å². The number of carbonyl (C=O) groups is 1. The summed E-state index contributed by atoms with van der Waals surface area (Å²) in [4.78, 5) is 16.4. The molecule has 1 aliphatic rings. The standard InChI is InChI=1S/C20H24FN3O2/c1-15-3-8-19(26-2)16(13-15)14-23-9-11-24(12-10-23)20(25)22-18-6-4-17(21)5-7-18/h3-8,13H,9-12,14H2,1-2H3,(H,22,25). The summed E-state index contributed by atoms with van der Waals surface area (Å²) in [7, 11) is 1.69. The average Bonchev–Trinajstić information content (AvgIpc) is 2.64. The van der Waals surface area contributed by atoms with Crippen LogP contribution in [-0.2, 0) is 6.54 Å². The van der Waals surface area contributed by atoms with Crippen LogP contribution in [0.3, 0.4) is 0 Å². The number of amides is 2. The smallest absolute Gasteiger partial charge is 0.321 e. The molecule has 1 heterocycles. The summed E-state index contributed by atoms with van der Waals surface area (Å²) in [5.41, 5.74) is 2.97. The number of methoxy groups -OCH3 is 1.